The van der Waals surface area contributed by atoms with Crippen molar-refractivity contribution < 1.29 is 0 Å². The minimum absolute atomic E-state index is 0. The Kier molecular flexibility index (Phi) is 7.63. The van der Waals surface area contributed by atoms with Crippen LogP contribution in [0.3, 0.4) is 0 Å². The maximum absolute atomic E-state index is 7.79. The van der Waals surface area contributed by atoms with Crippen LogP contribution in [-0.4, -0.2) is 23.4 Å². The van der Waals surface area contributed by atoms with Gasteiger partial charge >= 0.3 is 0 Å². The molecule has 0 aliphatic carbocycles. The SMILES string of the molecule is C=CCN(Cc1ccccc1Cl)C(=N)N=C(N)N.Cl. The van der Waals surface area contributed by atoms with Crippen molar-refractivity contribution in [1.82, 2.24) is 4.90 Å². The summed E-state index contributed by atoms with van der Waals surface area (Å²) >= 11 is 6.07. The number of guanidine groups is 2. The highest BCUT2D eigenvalue weighted by molar-refractivity contribution is 6.31. The average molecular weight is 302 g/mol. The second-order valence-electron chi connectivity index (χ2n) is 3.62. The van der Waals surface area contributed by atoms with Crippen molar-refractivity contribution in [3.8, 4) is 0 Å². The van der Waals surface area contributed by atoms with Gasteiger partial charge in [0.15, 0.2) is 5.96 Å². The maximum Gasteiger partial charge on any atom is 0.221 e. The van der Waals surface area contributed by atoms with E-state index in [9.17, 15) is 0 Å². The Bertz CT molecular complexity index is 469. The average Bonchev–Trinajstić information content (AvgIpc) is 2.30. The van der Waals surface area contributed by atoms with Crippen LogP contribution in [0.4, 0.5) is 0 Å². The Hall–Kier alpha value is -1.72. The van der Waals surface area contributed by atoms with E-state index < -0.39 is 0 Å². The number of benzene rings is 1. The first kappa shape index (κ1) is 17.3. The van der Waals surface area contributed by atoms with Crippen LogP contribution in [0.15, 0.2) is 41.9 Å². The van der Waals surface area contributed by atoms with Gasteiger partial charge in [-0.25, -0.2) is 0 Å². The molecule has 0 fully saturated rings. The molecule has 1 rings (SSSR count). The summed E-state index contributed by atoms with van der Waals surface area (Å²) in [4.78, 5) is 5.37. The molecule has 1 aromatic rings. The van der Waals surface area contributed by atoms with Crippen molar-refractivity contribution in [3.05, 3.63) is 47.5 Å². The van der Waals surface area contributed by atoms with Crippen molar-refractivity contribution in [3.63, 3.8) is 0 Å². The lowest BCUT2D eigenvalue weighted by atomic mass is 10.2. The van der Waals surface area contributed by atoms with Crippen LogP contribution in [0.5, 0.6) is 0 Å². The van der Waals surface area contributed by atoms with Crippen LogP contribution < -0.4 is 11.5 Å². The van der Waals surface area contributed by atoms with Crippen molar-refractivity contribution in [2.75, 3.05) is 6.54 Å². The second-order valence-corrected chi connectivity index (χ2v) is 4.03. The molecule has 0 aromatic heterocycles. The summed E-state index contributed by atoms with van der Waals surface area (Å²) in [5.41, 5.74) is 11.4. The molecule has 1 aromatic carbocycles. The summed E-state index contributed by atoms with van der Waals surface area (Å²) in [5, 5.41) is 8.43. The third kappa shape index (κ3) is 5.63. The summed E-state index contributed by atoms with van der Waals surface area (Å²) in [5.74, 6) is -0.164. The summed E-state index contributed by atoms with van der Waals surface area (Å²) in [7, 11) is 0. The zero-order chi connectivity index (χ0) is 13.5. The number of hydrogen-bond acceptors (Lipinski definition) is 1. The van der Waals surface area contributed by atoms with E-state index in [0.717, 1.165) is 5.56 Å². The number of aliphatic imine (C=N–C) groups is 1. The topological polar surface area (TPSA) is 91.5 Å². The van der Waals surface area contributed by atoms with Gasteiger partial charge in [-0.2, -0.15) is 4.99 Å². The lowest BCUT2D eigenvalue weighted by Gasteiger charge is -2.21. The Morgan fingerprint density at radius 1 is 1.42 bits per heavy atom. The summed E-state index contributed by atoms with van der Waals surface area (Å²) in [6.45, 7) is 4.55. The molecule has 5 N–H and O–H groups in total. The number of nitrogens with two attached hydrogens (primary N) is 2. The monoisotopic (exact) mass is 301 g/mol. The van der Waals surface area contributed by atoms with E-state index in [2.05, 4.69) is 11.6 Å². The van der Waals surface area contributed by atoms with Gasteiger partial charge in [0.25, 0.3) is 0 Å². The van der Waals surface area contributed by atoms with Crippen LogP contribution >= 0.6 is 24.0 Å². The number of hydrogen-bond donors (Lipinski definition) is 3. The Balaban J connectivity index is 0.00000324. The van der Waals surface area contributed by atoms with Crippen LogP contribution in [0, 0.1) is 5.41 Å². The van der Waals surface area contributed by atoms with Gasteiger partial charge in [-0.05, 0) is 11.6 Å². The predicted molar refractivity (Wildman–Crippen MR) is 82.8 cm³/mol. The highest BCUT2D eigenvalue weighted by Crippen LogP contribution is 2.17. The van der Waals surface area contributed by atoms with Gasteiger partial charge in [-0.15, -0.1) is 19.0 Å². The first-order valence-corrected chi connectivity index (χ1v) is 5.69. The molecule has 19 heavy (non-hydrogen) atoms. The molecule has 0 amide bonds. The van der Waals surface area contributed by atoms with Crippen LogP contribution in [0.1, 0.15) is 5.56 Å². The fraction of sp³-hybridized carbons (Fsp3) is 0.167. The molecule has 7 heteroatoms. The van der Waals surface area contributed by atoms with E-state index >= 15 is 0 Å². The standard InChI is InChI=1S/C12H16ClN5.ClH/c1-2-7-18(12(16)17-11(14)15)8-9-5-3-4-6-10(9)13;/h2-6H,1,7-8H2,(H5,14,15,16,17);1H. The number of nitrogens with zero attached hydrogens (tertiary/aromatic N) is 2. The molecule has 0 bridgehead atoms. The molecule has 104 valence electrons. The minimum atomic E-state index is -0.145. The highest BCUT2D eigenvalue weighted by Gasteiger charge is 2.10. The number of rotatable bonds is 4. The van der Waals surface area contributed by atoms with E-state index in [1.54, 1.807) is 17.0 Å². The van der Waals surface area contributed by atoms with Gasteiger partial charge in [0.05, 0.1) is 0 Å². The smallest absolute Gasteiger partial charge is 0.221 e. The van der Waals surface area contributed by atoms with Crippen LogP contribution in [0.25, 0.3) is 0 Å². The lowest BCUT2D eigenvalue weighted by molar-refractivity contribution is 0.448. The number of nitrogens with one attached hydrogen (secondary N) is 1. The van der Waals surface area contributed by atoms with Crippen LogP contribution in [0.2, 0.25) is 5.02 Å². The molecule has 0 heterocycles. The molecule has 0 spiro atoms. The zero-order valence-electron chi connectivity index (χ0n) is 10.3. The zero-order valence-corrected chi connectivity index (χ0v) is 11.9. The lowest BCUT2D eigenvalue weighted by Crippen LogP contribution is -2.33. The van der Waals surface area contributed by atoms with Gasteiger partial charge in [0.2, 0.25) is 5.96 Å². The fourth-order valence-corrected chi connectivity index (χ4v) is 1.60. The van der Waals surface area contributed by atoms with Crippen molar-refractivity contribution in [1.29, 1.82) is 5.41 Å². The van der Waals surface area contributed by atoms with E-state index in [1.165, 1.54) is 0 Å². The van der Waals surface area contributed by atoms with Gasteiger partial charge in [-0.1, -0.05) is 35.9 Å². The molecular formula is C12H17Cl2N5. The van der Waals surface area contributed by atoms with Gasteiger partial charge in [-0.3, -0.25) is 5.41 Å². The Morgan fingerprint density at radius 3 is 2.58 bits per heavy atom. The minimum Gasteiger partial charge on any atom is -0.370 e. The van der Waals surface area contributed by atoms with E-state index in [0.29, 0.717) is 18.1 Å². The highest BCUT2D eigenvalue weighted by atomic mass is 35.5. The molecule has 5 nitrogen and oxygen atoms in total. The van der Waals surface area contributed by atoms with E-state index in [4.69, 9.17) is 28.5 Å². The summed E-state index contributed by atoms with van der Waals surface area (Å²) in [6.07, 6.45) is 1.67. The largest absolute Gasteiger partial charge is 0.370 e. The molecule has 0 aliphatic rings. The van der Waals surface area contributed by atoms with Gasteiger partial charge < -0.3 is 16.4 Å². The predicted octanol–water partition coefficient (Wildman–Crippen LogP) is 1.96. The quantitative estimate of drug-likeness (QED) is 0.451. The molecule has 0 unspecified atom stereocenters. The number of halogens is 2. The second kappa shape index (κ2) is 8.39. The van der Waals surface area contributed by atoms with Crippen LogP contribution in [-0.2, 0) is 6.54 Å². The Morgan fingerprint density at radius 2 is 2.05 bits per heavy atom. The summed E-state index contributed by atoms with van der Waals surface area (Å²) < 4.78 is 0. The van der Waals surface area contributed by atoms with E-state index in [1.807, 2.05) is 18.2 Å². The third-order valence-corrected chi connectivity index (χ3v) is 2.57. The molecular weight excluding hydrogens is 285 g/mol. The molecule has 0 saturated carbocycles. The van der Waals surface area contributed by atoms with Crippen molar-refractivity contribution >= 4 is 35.9 Å². The maximum atomic E-state index is 7.79. The first-order valence-electron chi connectivity index (χ1n) is 5.32. The van der Waals surface area contributed by atoms with Gasteiger partial charge in [0.1, 0.15) is 0 Å². The molecule has 0 aliphatic heterocycles. The van der Waals surface area contributed by atoms with Crippen molar-refractivity contribution in [2.24, 2.45) is 16.5 Å². The molecule has 0 atom stereocenters. The Labute approximate surface area is 123 Å². The summed E-state index contributed by atoms with van der Waals surface area (Å²) in [6, 6.07) is 7.43. The first-order chi connectivity index (χ1) is 8.54. The molecule has 0 saturated heterocycles. The normalized spacial score (nSPS) is 9.11. The van der Waals surface area contributed by atoms with E-state index in [-0.39, 0.29) is 24.3 Å². The molecule has 0 radical (unpaired) electrons. The van der Waals surface area contributed by atoms with Gasteiger partial charge in [0, 0.05) is 18.1 Å². The third-order valence-electron chi connectivity index (χ3n) is 2.20. The van der Waals surface area contributed by atoms with Crippen molar-refractivity contribution in [2.45, 2.75) is 6.54 Å². The fourth-order valence-electron chi connectivity index (χ4n) is 1.41.